The van der Waals surface area contributed by atoms with E-state index in [9.17, 15) is 32.9 Å². The first-order valence-electron chi connectivity index (χ1n) is 5.45. The van der Waals surface area contributed by atoms with Gasteiger partial charge in [0.05, 0.1) is 4.92 Å². The second kappa shape index (κ2) is 6.20. The van der Waals surface area contributed by atoms with Crippen LogP contribution in [0.2, 0.25) is 0 Å². The Morgan fingerprint density at radius 3 is 2.52 bits per heavy atom. The van der Waals surface area contributed by atoms with Gasteiger partial charge in [-0.15, -0.1) is 0 Å². The Labute approximate surface area is 115 Å². The van der Waals surface area contributed by atoms with E-state index in [4.69, 9.17) is 5.11 Å². The van der Waals surface area contributed by atoms with Gasteiger partial charge in [0.2, 0.25) is 0 Å². The maximum Gasteiger partial charge on any atom is 0.423 e. The minimum atomic E-state index is -4.97. The number of nitrogens with one attached hydrogen (secondary N) is 1. The Kier molecular flexibility index (Phi) is 4.84. The summed E-state index contributed by atoms with van der Waals surface area (Å²) in [7, 11) is 0. The van der Waals surface area contributed by atoms with E-state index in [2.05, 4.69) is 5.32 Å². The van der Waals surface area contributed by atoms with E-state index in [1.165, 1.54) is 0 Å². The molecule has 114 valence electrons. The summed E-state index contributed by atoms with van der Waals surface area (Å²) in [6.07, 6.45) is -5.14. The van der Waals surface area contributed by atoms with Gasteiger partial charge < -0.3 is 15.2 Å². The van der Waals surface area contributed by atoms with Gasteiger partial charge in [-0.05, 0) is 12.1 Å². The Hall–Kier alpha value is -2.65. The van der Waals surface area contributed by atoms with Crippen molar-refractivity contribution in [3.05, 3.63) is 33.9 Å². The standard InChI is InChI=1S/C11H9F3N2O5/c12-11(13,14)7-5-6(1-2-9(7)16(20)21)15-8(3-4-17)10(18)19/h1-2,4-5,8,15H,3H2,(H,18,19). The van der Waals surface area contributed by atoms with Gasteiger partial charge in [-0.1, -0.05) is 0 Å². The van der Waals surface area contributed by atoms with Crippen molar-refractivity contribution in [2.75, 3.05) is 5.32 Å². The molecule has 0 amide bonds. The molecule has 0 saturated heterocycles. The Morgan fingerprint density at radius 1 is 1.48 bits per heavy atom. The highest BCUT2D eigenvalue weighted by Gasteiger charge is 2.38. The first kappa shape index (κ1) is 16.4. The molecule has 1 atom stereocenters. The molecule has 1 rings (SSSR count). The van der Waals surface area contributed by atoms with Gasteiger partial charge >= 0.3 is 12.1 Å². The summed E-state index contributed by atoms with van der Waals surface area (Å²) < 4.78 is 38.2. The number of carbonyl (C=O) groups excluding carboxylic acids is 1. The molecule has 0 saturated carbocycles. The van der Waals surface area contributed by atoms with Crippen molar-refractivity contribution in [1.82, 2.24) is 0 Å². The van der Waals surface area contributed by atoms with Crippen molar-refractivity contribution in [3.63, 3.8) is 0 Å². The number of anilines is 1. The molecule has 0 aliphatic rings. The van der Waals surface area contributed by atoms with Crippen LogP contribution in [0.25, 0.3) is 0 Å². The number of carboxylic acids is 1. The quantitative estimate of drug-likeness (QED) is 0.473. The highest BCUT2D eigenvalue weighted by molar-refractivity contribution is 5.80. The smallest absolute Gasteiger partial charge is 0.423 e. The molecular weight excluding hydrogens is 297 g/mol. The van der Waals surface area contributed by atoms with E-state index in [0.717, 1.165) is 6.07 Å². The average Bonchev–Trinajstić information content (AvgIpc) is 2.36. The Bertz CT molecular complexity index is 573. The highest BCUT2D eigenvalue weighted by Crippen LogP contribution is 2.37. The van der Waals surface area contributed by atoms with Crippen LogP contribution in [-0.2, 0) is 15.8 Å². The molecule has 0 aliphatic heterocycles. The lowest BCUT2D eigenvalue weighted by Gasteiger charge is -2.15. The molecule has 0 bridgehead atoms. The number of halogens is 3. The van der Waals surface area contributed by atoms with E-state index < -0.39 is 40.8 Å². The second-order valence-electron chi connectivity index (χ2n) is 3.92. The monoisotopic (exact) mass is 306 g/mol. The molecule has 0 fully saturated rings. The van der Waals surface area contributed by atoms with Crippen LogP contribution >= 0.6 is 0 Å². The largest absolute Gasteiger partial charge is 0.480 e. The lowest BCUT2D eigenvalue weighted by Crippen LogP contribution is -2.29. The van der Waals surface area contributed by atoms with Crippen LogP contribution < -0.4 is 5.32 Å². The third-order valence-corrected chi connectivity index (χ3v) is 2.47. The predicted molar refractivity (Wildman–Crippen MR) is 63.8 cm³/mol. The fourth-order valence-electron chi connectivity index (χ4n) is 1.53. The minimum absolute atomic E-state index is 0.290. The van der Waals surface area contributed by atoms with Gasteiger partial charge in [-0.3, -0.25) is 10.1 Å². The molecule has 0 spiro atoms. The third kappa shape index (κ3) is 4.16. The third-order valence-electron chi connectivity index (χ3n) is 2.47. The maximum absolute atomic E-state index is 12.7. The van der Waals surface area contributed by atoms with Crippen LogP contribution in [0.15, 0.2) is 18.2 Å². The number of nitro benzene ring substituents is 1. The summed E-state index contributed by atoms with van der Waals surface area (Å²) in [5.74, 6) is -1.44. The number of nitrogens with zero attached hydrogens (tertiary/aromatic N) is 1. The molecule has 0 radical (unpaired) electrons. The Balaban J connectivity index is 3.19. The molecule has 0 aliphatic carbocycles. The number of benzene rings is 1. The summed E-state index contributed by atoms with van der Waals surface area (Å²) in [6.45, 7) is 0. The van der Waals surface area contributed by atoms with Crippen molar-refractivity contribution < 1.29 is 32.8 Å². The van der Waals surface area contributed by atoms with Crippen LogP contribution in [0.1, 0.15) is 12.0 Å². The van der Waals surface area contributed by atoms with Crippen molar-refractivity contribution in [2.24, 2.45) is 0 Å². The van der Waals surface area contributed by atoms with Crippen LogP contribution in [0.5, 0.6) is 0 Å². The van der Waals surface area contributed by atoms with E-state index in [1.54, 1.807) is 0 Å². The normalized spacial score (nSPS) is 12.5. The molecule has 0 aromatic heterocycles. The summed E-state index contributed by atoms with van der Waals surface area (Å²) in [6, 6.07) is 0.558. The number of nitro groups is 1. The summed E-state index contributed by atoms with van der Waals surface area (Å²) in [4.78, 5) is 30.5. The summed E-state index contributed by atoms with van der Waals surface area (Å²) in [5, 5.41) is 21.5. The number of carbonyl (C=O) groups is 2. The SMILES string of the molecule is O=CCC(Nc1ccc([N+](=O)[O-])c(C(F)(F)F)c1)C(=O)O. The first-order chi connectivity index (χ1) is 9.66. The second-order valence-corrected chi connectivity index (χ2v) is 3.92. The minimum Gasteiger partial charge on any atom is -0.480 e. The molecule has 0 heterocycles. The number of rotatable bonds is 6. The van der Waals surface area contributed by atoms with E-state index in [1.807, 2.05) is 0 Å². The topological polar surface area (TPSA) is 110 Å². The fourth-order valence-corrected chi connectivity index (χ4v) is 1.53. The molecule has 10 heteroatoms. The molecule has 1 aromatic rings. The number of carboxylic acid groups (broad SMARTS) is 1. The van der Waals surface area contributed by atoms with E-state index in [0.29, 0.717) is 18.4 Å². The van der Waals surface area contributed by atoms with Crippen LogP contribution in [-0.4, -0.2) is 28.3 Å². The highest BCUT2D eigenvalue weighted by atomic mass is 19.4. The number of hydrogen-bond acceptors (Lipinski definition) is 5. The fraction of sp³-hybridized carbons (Fsp3) is 0.273. The van der Waals surface area contributed by atoms with Gasteiger partial charge in [0, 0.05) is 18.2 Å². The van der Waals surface area contributed by atoms with Crippen molar-refractivity contribution in [2.45, 2.75) is 18.6 Å². The molecule has 1 aromatic carbocycles. The molecule has 7 nitrogen and oxygen atoms in total. The van der Waals surface area contributed by atoms with Gasteiger partial charge in [0.25, 0.3) is 5.69 Å². The predicted octanol–water partition coefficient (Wildman–Crippen LogP) is 2.07. The zero-order chi connectivity index (χ0) is 16.2. The number of aliphatic carboxylic acids is 1. The Morgan fingerprint density at radius 2 is 2.10 bits per heavy atom. The number of alkyl halides is 3. The van der Waals surface area contributed by atoms with Gasteiger partial charge in [0.1, 0.15) is 17.9 Å². The van der Waals surface area contributed by atoms with Crippen LogP contribution in [0.4, 0.5) is 24.5 Å². The molecule has 21 heavy (non-hydrogen) atoms. The van der Waals surface area contributed by atoms with E-state index >= 15 is 0 Å². The first-order valence-corrected chi connectivity index (χ1v) is 5.45. The zero-order valence-electron chi connectivity index (χ0n) is 10.3. The van der Waals surface area contributed by atoms with Crippen molar-refractivity contribution >= 4 is 23.6 Å². The maximum atomic E-state index is 12.7. The molecule has 2 N–H and O–H groups in total. The van der Waals surface area contributed by atoms with Crippen molar-refractivity contribution in [1.29, 1.82) is 0 Å². The summed E-state index contributed by atoms with van der Waals surface area (Å²) in [5.41, 5.74) is -2.94. The van der Waals surface area contributed by atoms with Gasteiger partial charge in [-0.2, -0.15) is 13.2 Å². The number of hydrogen-bond donors (Lipinski definition) is 2. The van der Waals surface area contributed by atoms with Crippen LogP contribution in [0, 0.1) is 10.1 Å². The van der Waals surface area contributed by atoms with Gasteiger partial charge in [0.15, 0.2) is 0 Å². The van der Waals surface area contributed by atoms with Gasteiger partial charge in [-0.25, -0.2) is 4.79 Å². The molecule has 1 unspecified atom stereocenters. The lowest BCUT2D eigenvalue weighted by atomic mass is 10.1. The number of aldehydes is 1. The average molecular weight is 306 g/mol. The zero-order valence-corrected chi connectivity index (χ0v) is 10.3. The lowest BCUT2D eigenvalue weighted by molar-refractivity contribution is -0.388. The van der Waals surface area contributed by atoms with Crippen molar-refractivity contribution in [3.8, 4) is 0 Å². The van der Waals surface area contributed by atoms with E-state index in [-0.39, 0.29) is 5.69 Å². The molecular formula is C11H9F3N2O5. The van der Waals surface area contributed by atoms with Crippen LogP contribution in [0.3, 0.4) is 0 Å². The summed E-state index contributed by atoms with van der Waals surface area (Å²) >= 11 is 0.